The lowest BCUT2D eigenvalue weighted by atomic mass is 10.1. The Hall–Kier alpha value is -0.700. The van der Waals surface area contributed by atoms with Crippen LogP contribution in [-0.2, 0) is 6.42 Å². The van der Waals surface area contributed by atoms with Crippen molar-refractivity contribution in [1.29, 1.82) is 0 Å². The lowest BCUT2D eigenvalue weighted by Gasteiger charge is -2.17. The Kier molecular flexibility index (Phi) is 2.44. The van der Waals surface area contributed by atoms with Gasteiger partial charge in [0.25, 0.3) is 0 Å². The van der Waals surface area contributed by atoms with Crippen molar-refractivity contribution in [1.82, 2.24) is 0 Å². The summed E-state index contributed by atoms with van der Waals surface area (Å²) in [5, 5.41) is 6.77. The molecule has 0 amide bonds. The summed E-state index contributed by atoms with van der Waals surface area (Å²) >= 11 is 1.76. The van der Waals surface area contributed by atoms with Gasteiger partial charge >= 0.3 is 0 Å². The zero-order valence-electron chi connectivity index (χ0n) is 8.09. The van der Waals surface area contributed by atoms with E-state index in [1.54, 1.807) is 11.3 Å². The molecule has 72 valence electrons. The number of thiophene rings is 1. The van der Waals surface area contributed by atoms with E-state index in [-0.39, 0.29) is 0 Å². The van der Waals surface area contributed by atoms with Crippen LogP contribution in [0.5, 0.6) is 5.75 Å². The zero-order chi connectivity index (χ0) is 9.26. The molecule has 3 heteroatoms. The smallest absolute Gasteiger partial charge is 0.156 e. The molecular weight excluding hydrogens is 182 g/mol. The Balaban J connectivity index is 2.21. The highest BCUT2D eigenvalue weighted by Gasteiger charge is 2.16. The molecule has 2 heterocycles. The second-order valence-corrected chi connectivity index (χ2v) is 4.67. The van der Waals surface area contributed by atoms with E-state index in [0.29, 0.717) is 5.92 Å². The third-order valence-corrected chi connectivity index (χ3v) is 3.05. The standard InChI is InChI=1S/C10H15NOS/c1-7(2)5-8-6-13-10-9(8)12-4-3-11-10/h6-7,11H,3-5H2,1-2H3. The Morgan fingerprint density at radius 2 is 2.46 bits per heavy atom. The van der Waals surface area contributed by atoms with E-state index in [9.17, 15) is 0 Å². The van der Waals surface area contributed by atoms with Gasteiger partial charge in [-0.05, 0) is 17.7 Å². The minimum absolute atomic E-state index is 0.698. The third kappa shape index (κ3) is 1.80. The molecule has 1 N–H and O–H groups in total. The largest absolute Gasteiger partial charge is 0.488 e. The van der Waals surface area contributed by atoms with Crippen molar-refractivity contribution < 1.29 is 4.74 Å². The average Bonchev–Trinajstić information content (AvgIpc) is 2.48. The molecule has 0 saturated carbocycles. The lowest BCUT2D eigenvalue weighted by Crippen LogP contribution is -2.17. The molecular formula is C10H15NOS. The van der Waals surface area contributed by atoms with Crippen molar-refractivity contribution in [3.05, 3.63) is 10.9 Å². The summed E-state index contributed by atoms with van der Waals surface area (Å²) < 4.78 is 5.64. The zero-order valence-corrected chi connectivity index (χ0v) is 8.91. The van der Waals surface area contributed by atoms with Crippen LogP contribution in [0.1, 0.15) is 19.4 Å². The van der Waals surface area contributed by atoms with Gasteiger partial charge in [-0.25, -0.2) is 0 Å². The van der Waals surface area contributed by atoms with Gasteiger partial charge in [-0.1, -0.05) is 13.8 Å². The number of anilines is 1. The van der Waals surface area contributed by atoms with Crippen molar-refractivity contribution in [3.63, 3.8) is 0 Å². The van der Waals surface area contributed by atoms with Crippen LogP contribution in [0.2, 0.25) is 0 Å². The molecule has 0 unspecified atom stereocenters. The van der Waals surface area contributed by atoms with Gasteiger partial charge in [-0.15, -0.1) is 11.3 Å². The first-order chi connectivity index (χ1) is 6.27. The maximum atomic E-state index is 5.64. The number of nitrogens with one attached hydrogen (secondary N) is 1. The number of fused-ring (bicyclic) bond motifs is 1. The maximum Gasteiger partial charge on any atom is 0.156 e. The second kappa shape index (κ2) is 3.58. The third-order valence-electron chi connectivity index (χ3n) is 2.08. The lowest BCUT2D eigenvalue weighted by molar-refractivity contribution is 0.320. The van der Waals surface area contributed by atoms with Gasteiger partial charge in [0.15, 0.2) is 5.75 Å². The van der Waals surface area contributed by atoms with Gasteiger partial charge in [0.05, 0.1) is 0 Å². The fourth-order valence-electron chi connectivity index (χ4n) is 1.56. The van der Waals surface area contributed by atoms with Crippen molar-refractivity contribution >= 4 is 16.3 Å². The van der Waals surface area contributed by atoms with Gasteiger partial charge in [0.1, 0.15) is 11.6 Å². The first-order valence-electron chi connectivity index (χ1n) is 4.74. The highest BCUT2D eigenvalue weighted by molar-refractivity contribution is 7.14. The molecule has 2 rings (SSSR count). The molecule has 1 aromatic rings. The van der Waals surface area contributed by atoms with E-state index in [1.165, 1.54) is 10.6 Å². The van der Waals surface area contributed by atoms with Crippen LogP contribution < -0.4 is 10.1 Å². The van der Waals surface area contributed by atoms with E-state index in [2.05, 4.69) is 24.5 Å². The van der Waals surface area contributed by atoms with Crippen molar-refractivity contribution in [3.8, 4) is 5.75 Å². The predicted molar refractivity (Wildman–Crippen MR) is 56.8 cm³/mol. The number of hydrogen-bond acceptors (Lipinski definition) is 3. The average molecular weight is 197 g/mol. The Bertz CT molecular complexity index is 293. The quantitative estimate of drug-likeness (QED) is 0.787. The molecule has 0 spiro atoms. The molecule has 0 aliphatic carbocycles. The number of hydrogen-bond donors (Lipinski definition) is 1. The fraction of sp³-hybridized carbons (Fsp3) is 0.600. The first-order valence-corrected chi connectivity index (χ1v) is 5.62. The minimum Gasteiger partial charge on any atom is -0.488 e. The van der Waals surface area contributed by atoms with Crippen LogP contribution in [0.15, 0.2) is 5.38 Å². The molecule has 1 aromatic heterocycles. The Morgan fingerprint density at radius 1 is 1.62 bits per heavy atom. The van der Waals surface area contributed by atoms with Crippen molar-refractivity contribution in [2.45, 2.75) is 20.3 Å². The van der Waals surface area contributed by atoms with E-state index < -0.39 is 0 Å². The van der Waals surface area contributed by atoms with Crippen LogP contribution in [0, 0.1) is 5.92 Å². The fourth-order valence-corrected chi connectivity index (χ4v) is 2.51. The second-order valence-electron chi connectivity index (χ2n) is 3.79. The van der Waals surface area contributed by atoms with Crippen LogP contribution >= 0.6 is 11.3 Å². The van der Waals surface area contributed by atoms with Crippen molar-refractivity contribution in [2.75, 3.05) is 18.5 Å². The van der Waals surface area contributed by atoms with Gasteiger partial charge in [0.2, 0.25) is 0 Å². The van der Waals surface area contributed by atoms with E-state index >= 15 is 0 Å². The Morgan fingerprint density at radius 3 is 3.23 bits per heavy atom. The molecule has 0 saturated heterocycles. The summed E-state index contributed by atoms with van der Waals surface area (Å²) in [5.41, 5.74) is 1.36. The molecule has 0 bridgehead atoms. The van der Waals surface area contributed by atoms with Crippen molar-refractivity contribution in [2.24, 2.45) is 5.92 Å². The summed E-state index contributed by atoms with van der Waals surface area (Å²) in [5.74, 6) is 1.80. The van der Waals surface area contributed by atoms with Gasteiger partial charge in [0, 0.05) is 12.1 Å². The Labute approximate surface area is 82.9 Å². The van der Waals surface area contributed by atoms with Gasteiger partial charge < -0.3 is 10.1 Å². The molecule has 0 atom stereocenters. The van der Waals surface area contributed by atoms with E-state index in [1.807, 2.05) is 0 Å². The molecule has 0 aromatic carbocycles. The minimum atomic E-state index is 0.698. The normalized spacial score (nSPS) is 15.0. The van der Waals surface area contributed by atoms with Crippen LogP contribution in [0.25, 0.3) is 0 Å². The highest BCUT2D eigenvalue weighted by Crippen LogP contribution is 2.38. The summed E-state index contributed by atoms with van der Waals surface area (Å²) in [6, 6.07) is 0. The summed E-state index contributed by atoms with van der Waals surface area (Å²) in [6.07, 6.45) is 1.12. The monoisotopic (exact) mass is 197 g/mol. The summed E-state index contributed by atoms with van der Waals surface area (Å²) in [4.78, 5) is 0. The highest BCUT2D eigenvalue weighted by atomic mass is 32.1. The van der Waals surface area contributed by atoms with Crippen LogP contribution in [0.4, 0.5) is 5.00 Å². The van der Waals surface area contributed by atoms with E-state index in [0.717, 1.165) is 25.3 Å². The predicted octanol–water partition coefficient (Wildman–Crippen LogP) is 2.75. The van der Waals surface area contributed by atoms with E-state index in [4.69, 9.17) is 4.74 Å². The molecule has 0 radical (unpaired) electrons. The summed E-state index contributed by atoms with van der Waals surface area (Å²) in [7, 11) is 0. The van der Waals surface area contributed by atoms with Gasteiger partial charge in [-0.2, -0.15) is 0 Å². The summed E-state index contributed by atoms with van der Waals surface area (Å²) in [6.45, 7) is 6.21. The molecule has 2 nitrogen and oxygen atoms in total. The first kappa shape index (κ1) is 8.88. The maximum absolute atomic E-state index is 5.64. The molecule has 1 aliphatic heterocycles. The van der Waals surface area contributed by atoms with Crippen LogP contribution in [0.3, 0.4) is 0 Å². The molecule has 13 heavy (non-hydrogen) atoms. The topological polar surface area (TPSA) is 21.3 Å². The molecule has 0 fully saturated rings. The number of rotatable bonds is 2. The SMILES string of the molecule is CC(C)Cc1csc2c1OCCN2. The number of ether oxygens (including phenoxy) is 1. The molecule has 1 aliphatic rings. The van der Waals surface area contributed by atoms with Crippen LogP contribution in [-0.4, -0.2) is 13.2 Å². The van der Waals surface area contributed by atoms with Gasteiger partial charge in [-0.3, -0.25) is 0 Å².